The maximum atomic E-state index is 11.8. The van der Waals surface area contributed by atoms with Crippen LogP contribution in [0.2, 0.25) is 0 Å². The van der Waals surface area contributed by atoms with Crippen LogP contribution < -0.4 is 0 Å². The zero-order valence-corrected chi connectivity index (χ0v) is 14.3. The second-order valence-electron chi connectivity index (χ2n) is 4.61. The van der Waals surface area contributed by atoms with Gasteiger partial charge in [-0.15, -0.1) is 0 Å². The van der Waals surface area contributed by atoms with Gasteiger partial charge in [0.25, 0.3) is 0 Å². The van der Waals surface area contributed by atoms with E-state index in [2.05, 4.69) is 27.6 Å². The summed E-state index contributed by atoms with van der Waals surface area (Å²) >= 11 is 2.25. The Bertz CT molecular complexity index is 680. The summed E-state index contributed by atoms with van der Waals surface area (Å²) in [4.78, 5) is 4.34. The van der Waals surface area contributed by atoms with Crippen LogP contribution in [-0.2, 0) is 16.4 Å². The summed E-state index contributed by atoms with van der Waals surface area (Å²) in [6.07, 6.45) is 4.20. The highest BCUT2D eigenvalue weighted by Crippen LogP contribution is 2.19. The first-order valence-electron chi connectivity index (χ1n) is 6.49. The van der Waals surface area contributed by atoms with Crippen LogP contribution in [-0.4, -0.2) is 29.5 Å². The molecule has 0 unspecified atom stereocenters. The molecule has 2 aromatic rings. The molecule has 1 heterocycles. The predicted molar refractivity (Wildman–Crippen MR) is 89.3 cm³/mol. The van der Waals surface area contributed by atoms with Crippen molar-refractivity contribution in [2.75, 3.05) is 11.5 Å². The average molecular weight is 404 g/mol. The number of nitrogens with zero attached hydrogens (tertiary/aromatic N) is 2. The molecule has 0 saturated carbocycles. The van der Waals surface area contributed by atoms with Gasteiger partial charge in [-0.2, -0.15) is 0 Å². The van der Waals surface area contributed by atoms with Crippen LogP contribution in [0.25, 0.3) is 11.4 Å². The van der Waals surface area contributed by atoms with Crippen molar-refractivity contribution in [3.63, 3.8) is 0 Å². The van der Waals surface area contributed by atoms with Gasteiger partial charge in [0.1, 0.15) is 5.82 Å². The zero-order valence-electron chi connectivity index (χ0n) is 11.3. The highest BCUT2D eigenvalue weighted by atomic mass is 127. The summed E-state index contributed by atoms with van der Waals surface area (Å²) in [5.74, 6) is 1.23. The molecule has 0 aliphatic carbocycles. The van der Waals surface area contributed by atoms with Gasteiger partial charge in [-0.3, -0.25) is 0 Å². The molecule has 20 heavy (non-hydrogen) atoms. The highest BCUT2D eigenvalue weighted by Gasteiger charge is 2.12. The van der Waals surface area contributed by atoms with Crippen molar-refractivity contribution in [2.24, 2.45) is 0 Å². The average Bonchev–Trinajstić information content (AvgIpc) is 2.85. The standard InChI is InChI=1S/C14H17IN2O2S/c1-2-9-20(18,19)10-8-17-7-6-16-14(17)12-4-3-5-13(15)11-12/h3-7,11H,2,8-10H2,1H3. The second-order valence-corrected chi connectivity index (χ2v) is 8.16. The Hall–Kier alpha value is -0.890. The van der Waals surface area contributed by atoms with E-state index in [-0.39, 0.29) is 11.5 Å². The Morgan fingerprint density at radius 1 is 1.30 bits per heavy atom. The van der Waals surface area contributed by atoms with Crippen molar-refractivity contribution in [1.82, 2.24) is 9.55 Å². The second kappa shape index (κ2) is 6.71. The number of sulfone groups is 1. The Morgan fingerprint density at radius 2 is 2.10 bits per heavy atom. The van der Waals surface area contributed by atoms with E-state index in [1.807, 2.05) is 42.0 Å². The van der Waals surface area contributed by atoms with Gasteiger partial charge >= 0.3 is 0 Å². The van der Waals surface area contributed by atoms with E-state index in [1.165, 1.54) is 0 Å². The predicted octanol–water partition coefficient (Wildman–Crippen LogP) is 2.98. The minimum absolute atomic E-state index is 0.161. The normalized spacial score (nSPS) is 11.7. The number of aryl methyl sites for hydroxylation is 1. The van der Waals surface area contributed by atoms with E-state index in [0.29, 0.717) is 13.0 Å². The summed E-state index contributed by atoms with van der Waals surface area (Å²) in [5.41, 5.74) is 1.01. The lowest BCUT2D eigenvalue weighted by Crippen LogP contribution is -2.16. The Kier molecular flexibility index (Phi) is 5.20. The molecule has 0 amide bonds. The molecule has 0 radical (unpaired) electrons. The molecule has 0 aliphatic heterocycles. The molecule has 1 aromatic carbocycles. The first-order valence-corrected chi connectivity index (χ1v) is 9.39. The number of rotatable bonds is 6. The summed E-state index contributed by atoms with van der Waals surface area (Å²) in [5, 5.41) is 0. The van der Waals surface area contributed by atoms with Gasteiger partial charge in [-0.05, 0) is 41.1 Å². The molecule has 0 N–H and O–H groups in total. The summed E-state index contributed by atoms with van der Waals surface area (Å²) in [7, 11) is -2.96. The number of aromatic nitrogens is 2. The molecule has 4 nitrogen and oxygen atoms in total. The third-order valence-corrected chi connectivity index (χ3v) is 5.46. The summed E-state index contributed by atoms with van der Waals surface area (Å²) in [6, 6.07) is 8.02. The molecule has 0 saturated heterocycles. The SMILES string of the molecule is CCCS(=O)(=O)CCn1ccnc1-c1cccc(I)c1. The Balaban J connectivity index is 2.18. The third-order valence-electron chi connectivity index (χ3n) is 2.96. The van der Waals surface area contributed by atoms with E-state index in [4.69, 9.17) is 0 Å². The molecule has 0 aliphatic rings. The van der Waals surface area contributed by atoms with E-state index < -0.39 is 9.84 Å². The highest BCUT2D eigenvalue weighted by molar-refractivity contribution is 14.1. The molecular weight excluding hydrogens is 387 g/mol. The van der Waals surface area contributed by atoms with Crippen molar-refractivity contribution >= 4 is 32.4 Å². The van der Waals surface area contributed by atoms with Crippen LogP contribution in [0, 0.1) is 3.57 Å². The van der Waals surface area contributed by atoms with Gasteiger partial charge in [-0.25, -0.2) is 13.4 Å². The molecule has 0 atom stereocenters. The van der Waals surface area contributed by atoms with E-state index >= 15 is 0 Å². The van der Waals surface area contributed by atoms with E-state index in [1.54, 1.807) is 6.20 Å². The number of imidazole rings is 1. The van der Waals surface area contributed by atoms with E-state index in [0.717, 1.165) is 15.0 Å². The van der Waals surface area contributed by atoms with Gasteiger partial charge < -0.3 is 4.57 Å². The lowest BCUT2D eigenvalue weighted by Gasteiger charge is -2.08. The molecule has 0 fully saturated rings. The number of hydrogen-bond acceptors (Lipinski definition) is 3. The van der Waals surface area contributed by atoms with Gasteiger partial charge in [-0.1, -0.05) is 19.1 Å². The summed E-state index contributed by atoms with van der Waals surface area (Å²) < 4.78 is 26.6. The van der Waals surface area contributed by atoms with Gasteiger partial charge in [0.2, 0.25) is 0 Å². The number of hydrogen-bond donors (Lipinski definition) is 0. The quantitative estimate of drug-likeness (QED) is 0.696. The van der Waals surface area contributed by atoms with Gasteiger partial charge in [0.05, 0.1) is 5.75 Å². The molecule has 6 heteroatoms. The lowest BCUT2D eigenvalue weighted by molar-refractivity contribution is 0.588. The van der Waals surface area contributed by atoms with E-state index in [9.17, 15) is 8.42 Å². The molecular formula is C14H17IN2O2S. The smallest absolute Gasteiger partial charge is 0.152 e. The van der Waals surface area contributed by atoms with Crippen LogP contribution in [0.3, 0.4) is 0 Å². The largest absolute Gasteiger partial charge is 0.330 e. The van der Waals surface area contributed by atoms with Crippen LogP contribution in [0.1, 0.15) is 13.3 Å². The zero-order chi connectivity index (χ0) is 14.6. The number of halogens is 1. The van der Waals surface area contributed by atoms with Crippen molar-refractivity contribution in [2.45, 2.75) is 19.9 Å². The molecule has 1 aromatic heterocycles. The first-order chi connectivity index (χ1) is 9.52. The molecule has 0 spiro atoms. The molecule has 0 bridgehead atoms. The van der Waals surface area contributed by atoms with Crippen LogP contribution >= 0.6 is 22.6 Å². The minimum Gasteiger partial charge on any atom is -0.330 e. The minimum atomic E-state index is -2.96. The van der Waals surface area contributed by atoms with Crippen LogP contribution in [0.15, 0.2) is 36.7 Å². The molecule has 2 rings (SSSR count). The first kappa shape index (κ1) is 15.5. The lowest BCUT2D eigenvalue weighted by atomic mass is 10.2. The van der Waals surface area contributed by atoms with Crippen LogP contribution in [0.4, 0.5) is 0 Å². The van der Waals surface area contributed by atoms with Crippen LogP contribution in [0.5, 0.6) is 0 Å². The maximum Gasteiger partial charge on any atom is 0.152 e. The van der Waals surface area contributed by atoms with Gasteiger partial charge in [0, 0.05) is 33.8 Å². The third kappa shape index (κ3) is 4.05. The number of benzene rings is 1. The van der Waals surface area contributed by atoms with Crippen molar-refractivity contribution < 1.29 is 8.42 Å². The van der Waals surface area contributed by atoms with Crippen molar-refractivity contribution in [3.8, 4) is 11.4 Å². The fraction of sp³-hybridized carbons (Fsp3) is 0.357. The fourth-order valence-corrected chi connectivity index (χ4v) is 3.87. The van der Waals surface area contributed by atoms with Crippen molar-refractivity contribution in [3.05, 3.63) is 40.2 Å². The van der Waals surface area contributed by atoms with Gasteiger partial charge in [0.15, 0.2) is 9.84 Å². The fourth-order valence-electron chi connectivity index (χ4n) is 2.03. The maximum absolute atomic E-state index is 11.8. The van der Waals surface area contributed by atoms with Crippen molar-refractivity contribution in [1.29, 1.82) is 0 Å². The topological polar surface area (TPSA) is 52.0 Å². The molecule has 108 valence electrons. The Labute approximate surface area is 133 Å². The monoisotopic (exact) mass is 404 g/mol. The summed E-state index contributed by atoms with van der Waals surface area (Å²) in [6.45, 7) is 2.33. The Morgan fingerprint density at radius 3 is 2.80 bits per heavy atom.